The fraction of sp³-hybridized carbons (Fsp3) is 0.652. The van der Waals surface area contributed by atoms with Crippen LogP contribution in [0.3, 0.4) is 0 Å². The number of amides is 1. The van der Waals surface area contributed by atoms with Crippen molar-refractivity contribution in [3.63, 3.8) is 0 Å². The number of hydrogen-bond acceptors (Lipinski definition) is 4. The molecule has 0 saturated carbocycles. The van der Waals surface area contributed by atoms with Gasteiger partial charge < -0.3 is 20.7 Å². The largest absolute Gasteiger partial charge is 0.444 e. The number of carbonyl (C=O) groups excluding carboxylic acids is 1. The summed E-state index contributed by atoms with van der Waals surface area (Å²) in [6, 6.07) is 7.01. The SMILES string of the molecule is CN=C(NCCCNC(=O)OC(C)(C)C)NCC1CCN(Cc2ccccc2F)CC1.I. The molecule has 1 aromatic carbocycles. The Morgan fingerprint density at radius 2 is 1.81 bits per heavy atom. The Balaban J connectivity index is 0.00000512. The van der Waals surface area contributed by atoms with E-state index in [0.29, 0.717) is 25.6 Å². The number of piperidine rings is 1. The molecule has 1 saturated heterocycles. The predicted octanol–water partition coefficient (Wildman–Crippen LogP) is 3.74. The highest BCUT2D eigenvalue weighted by Crippen LogP contribution is 2.19. The lowest BCUT2D eigenvalue weighted by molar-refractivity contribution is 0.0527. The van der Waals surface area contributed by atoms with Gasteiger partial charge in [0.05, 0.1) is 0 Å². The lowest BCUT2D eigenvalue weighted by Gasteiger charge is -2.32. The Morgan fingerprint density at radius 3 is 2.44 bits per heavy atom. The number of hydrogen-bond donors (Lipinski definition) is 3. The minimum atomic E-state index is -0.484. The van der Waals surface area contributed by atoms with Gasteiger partial charge in [0.25, 0.3) is 0 Å². The highest BCUT2D eigenvalue weighted by atomic mass is 127. The third-order valence-corrected chi connectivity index (χ3v) is 5.15. The first-order valence-corrected chi connectivity index (χ1v) is 11.1. The van der Waals surface area contributed by atoms with Crippen molar-refractivity contribution < 1.29 is 13.9 Å². The number of guanidine groups is 1. The molecule has 0 atom stereocenters. The molecule has 3 N–H and O–H groups in total. The second-order valence-corrected chi connectivity index (χ2v) is 8.97. The molecule has 0 unspecified atom stereocenters. The summed E-state index contributed by atoms with van der Waals surface area (Å²) in [5.74, 6) is 1.22. The number of benzene rings is 1. The van der Waals surface area contributed by atoms with Crippen molar-refractivity contribution in [2.24, 2.45) is 10.9 Å². The predicted molar refractivity (Wildman–Crippen MR) is 138 cm³/mol. The van der Waals surface area contributed by atoms with E-state index in [2.05, 4.69) is 25.8 Å². The van der Waals surface area contributed by atoms with Gasteiger partial charge in [-0.05, 0) is 65.1 Å². The Morgan fingerprint density at radius 1 is 1.16 bits per heavy atom. The molecule has 9 heteroatoms. The van der Waals surface area contributed by atoms with Crippen LogP contribution in [0.5, 0.6) is 0 Å². The number of rotatable bonds is 8. The van der Waals surface area contributed by atoms with Crippen molar-refractivity contribution in [1.29, 1.82) is 0 Å². The van der Waals surface area contributed by atoms with Crippen molar-refractivity contribution in [3.8, 4) is 0 Å². The van der Waals surface area contributed by atoms with Gasteiger partial charge in [0.1, 0.15) is 11.4 Å². The van der Waals surface area contributed by atoms with E-state index >= 15 is 0 Å². The van der Waals surface area contributed by atoms with Crippen LogP contribution >= 0.6 is 24.0 Å². The summed E-state index contributed by atoms with van der Waals surface area (Å²) >= 11 is 0. The molecule has 1 heterocycles. The number of nitrogens with zero attached hydrogens (tertiary/aromatic N) is 2. The van der Waals surface area contributed by atoms with Crippen LogP contribution < -0.4 is 16.0 Å². The van der Waals surface area contributed by atoms with E-state index < -0.39 is 11.7 Å². The molecular weight excluding hydrogens is 524 g/mol. The maximum atomic E-state index is 13.8. The quantitative estimate of drug-likeness (QED) is 0.195. The van der Waals surface area contributed by atoms with Gasteiger partial charge in [-0.2, -0.15) is 0 Å². The van der Waals surface area contributed by atoms with Crippen LogP contribution in [0.1, 0.15) is 45.6 Å². The lowest BCUT2D eigenvalue weighted by Crippen LogP contribution is -2.43. The summed E-state index contributed by atoms with van der Waals surface area (Å²) in [6.45, 7) is 10.3. The van der Waals surface area contributed by atoms with E-state index in [9.17, 15) is 9.18 Å². The third-order valence-electron chi connectivity index (χ3n) is 5.15. The standard InChI is InChI=1S/C23H38FN5O2.HI/c1-23(2,3)31-22(30)27-13-7-12-26-21(25-4)28-16-18-10-14-29(15-11-18)17-19-8-5-6-9-20(19)24;/h5-6,8-9,18H,7,10-17H2,1-4H3,(H,27,30)(H2,25,26,28);1H. The van der Waals surface area contributed by atoms with Crippen LogP contribution in [-0.4, -0.2) is 62.3 Å². The van der Waals surface area contributed by atoms with E-state index in [0.717, 1.165) is 50.4 Å². The Bertz CT molecular complexity index is 719. The first-order chi connectivity index (χ1) is 14.8. The molecule has 32 heavy (non-hydrogen) atoms. The van der Waals surface area contributed by atoms with Gasteiger partial charge in [-0.25, -0.2) is 9.18 Å². The molecular formula is C23H39FIN5O2. The van der Waals surface area contributed by atoms with E-state index in [-0.39, 0.29) is 29.8 Å². The number of aliphatic imine (C=N–C) groups is 1. The second-order valence-electron chi connectivity index (χ2n) is 8.97. The molecule has 0 aliphatic carbocycles. The van der Waals surface area contributed by atoms with E-state index in [4.69, 9.17) is 4.74 Å². The molecule has 0 aromatic heterocycles. The zero-order valence-corrected chi connectivity index (χ0v) is 22.1. The van der Waals surface area contributed by atoms with Gasteiger partial charge in [-0.3, -0.25) is 9.89 Å². The molecule has 2 rings (SSSR count). The number of halogens is 2. The minimum absolute atomic E-state index is 0. The average Bonchev–Trinajstić information content (AvgIpc) is 2.71. The van der Waals surface area contributed by atoms with Crippen molar-refractivity contribution in [1.82, 2.24) is 20.9 Å². The highest BCUT2D eigenvalue weighted by Gasteiger charge is 2.20. The molecule has 1 fully saturated rings. The molecule has 0 radical (unpaired) electrons. The molecule has 1 amide bonds. The Kier molecular flexibility index (Phi) is 12.9. The third kappa shape index (κ3) is 11.3. The number of carbonyl (C=O) groups is 1. The van der Waals surface area contributed by atoms with Crippen LogP contribution in [0, 0.1) is 11.7 Å². The fourth-order valence-corrected chi connectivity index (χ4v) is 3.48. The van der Waals surface area contributed by atoms with Crippen LogP contribution in [0.25, 0.3) is 0 Å². The van der Waals surface area contributed by atoms with Gasteiger partial charge in [-0.1, -0.05) is 18.2 Å². The van der Waals surface area contributed by atoms with Gasteiger partial charge in [0, 0.05) is 38.8 Å². The number of likely N-dealkylation sites (tertiary alicyclic amines) is 1. The molecule has 182 valence electrons. The summed E-state index contributed by atoms with van der Waals surface area (Å²) in [5, 5.41) is 9.42. The lowest BCUT2D eigenvalue weighted by atomic mass is 9.96. The number of alkyl carbamates (subject to hydrolysis) is 1. The van der Waals surface area contributed by atoms with Crippen LogP contribution in [0.4, 0.5) is 9.18 Å². The zero-order valence-electron chi connectivity index (χ0n) is 19.7. The van der Waals surface area contributed by atoms with Gasteiger partial charge in [-0.15, -0.1) is 24.0 Å². The van der Waals surface area contributed by atoms with Crippen molar-refractivity contribution in [3.05, 3.63) is 35.6 Å². The second kappa shape index (κ2) is 14.5. The average molecular weight is 564 g/mol. The Hall–Kier alpha value is -1.62. The minimum Gasteiger partial charge on any atom is -0.444 e. The summed E-state index contributed by atoms with van der Waals surface area (Å²) < 4.78 is 19.1. The maximum Gasteiger partial charge on any atom is 0.407 e. The van der Waals surface area contributed by atoms with Crippen LogP contribution in [0.15, 0.2) is 29.3 Å². The molecule has 7 nitrogen and oxygen atoms in total. The summed E-state index contributed by atoms with van der Waals surface area (Å²) in [5.41, 5.74) is 0.284. The number of ether oxygens (including phenoxy) is 1. The number of nitrogens with one attached hydrogen (secondary N) is 3. The van der Waals surface area contributed by atoms with Crippen molar-refractivity contribution >= 4 is 36.0 Å². The monoisotopic (exact) mass is 563 g/mol. The van der Waals surface area contributed by atoms with Crippen molar-refractivity contribution in [2.45, 2.75) is 52.2 Å². The van der Waals surface area contributed by atoms with E-state index in [1.807, 2.05) is 32.9 Å². The Labute approximate surface area is 209 Å². The highest BCUT2D eigenvalue weighted by molar-refractivity contribution is 14.0. The molecule has 1 aliphatic heterocycles. The van der Waals surface area contributed by atoms with E-state index in [1.54, 1.807) is 13.1 Å². The normalized spacial score (nSPS) is 15.6. The summed E-state index contributed by atoms with van der Waals surface area (Å²) in [6.07, 6.45) is 2.54. The first kappa shape index (κ1) is 28.4. The first-order valence-electron chi connectivity index (χ1n) is 11.1. The van der Waals surface area contributed by atoms with Crippen LogP contribution in [-0.2, 0) is 11.3 Å². The van der Waals surface area contributed by atoms with Crippen LogP contribution in [0.2, 0.25) is 0 Å². The smallest absolute Gasteiger partial charge is 0.407 e. The summed E-state index contributed by atoms with van der Waals surface area (Å²) in [7, 11) is 1.76. The molecule has 1 aliphatic rings. The van der Waals surface area contributed by atoms with E-state index in [1.165, 1.54) is 6.07 Å². The maximum absolute atomic E-state index is 13.8. The van der Waals surface area contributed by atoms with Gasteiger partial charge in [0.15, 0.2) is 5.96 Å². The van der Waals surface area contributed by atoms with Gasteiger partial charge in [0.2, 0.25) is 0 Å². The zero-order chi connectivity index (χ0) is 22.7. The molecule has 1 aromatic rings. The van der Waals surface area contributed by atoms with Crippen molar-refractivity contribution in [2.75, 3.05) is 39.8 Å². The molecule has 0 spiro atoms. The summed E-state index contributed by atoms with van der Waals surface area (Å²) in [4.78, 5) is 18.2. The fourth-order valence-electron chi connectivity index (χ4n) is 3.48. The molecule has 0 bridgehead atoms. The topological polar surface area (TPSA) is 78.0 Å². The van der Waals surface area contributed by atoms with Gasteiger partial charge >= 0.3 is 6.09 Å².